The van der Waals surface area contributed by atoms with Crippen molar-refractivity contribution < 1.29 is 18.0 Å². The van der Waals surface area contributed by atoms with E-state index in [1.54, 1.807) is 4.90 Å². The predicted octanol–water partition coefficient (Wildman–Crippen LogP) is 3.01. The molecule has 0 aromatic heterocycles. The smallest absolute Gasteiger partial charge is 0.341 e. The molecule has 6 heteroatoms. The average Bonchev–Trinajstić information content (AvgIpc) is 2.46. The number of piperidine rings is 1. The van der Waals surface area contributed by atoms with Crippen LogP contribution in [0.25, 0.3) is 0 Å². The van der Waals surface area contributed by atoms with Gasteiger partial charge >= 0.3 is 6.18 Å². The van der Waals surface area contributed by atoms with Gasteiger partial charge in [-0.05, 0) is 24.5 Å². The number of carbonyl (C=O) groups is 1. The lowest BCUT2D eigenvalue weighted by molar-refractivity contribution is -0.138. The summed E-state index contributed by atoms with van der Waals surface area (Å²) in [6.07, 6.45) is -2.95. The maximum Gasteiger partial charge on any atom is 0.416 e. The number of nitriles is 1. The van der Waals surface area contributed by atoms with Crippen molar-refractivity contribution in [3.8, 4) is 6.07 Å². The number of rotatable bonds is 2. The van der Waals surface area contributed by atoms with Crippen molar-refractivity contribution in [2.75, 3.05) is 13.1 Å². The fraction of sp³-hybridized carbons (Fsp3) is 0.467. The molecule has 3 nitrogen and oxygen atoms in total. The summed E-state index contributed by atoms with van der Waals surface area (Å²) >= 11 is 0. The van der Waals surface area contributed by atoms with E-state index in [0.29, 0.717) is 18.7 Å². The van der Waals surface area contributed by atoms with Gasteiger partial charge in [-0.25, -0.2) is 0 Å². The highest BCUT2D eigenvalue weighted by molar-refractivity contribution is 5.79. The average molecular weight is 296 g/mol. The summed E-state index contributed by atoms with van der Waals surface area (Å²) in [6, 6.07) is 6.95. The van der Waals surface area contributed by atoms with E-state index in [1.807, 2.05) is 0 Å². The SMILES string of the molecule is N#C[C@H]1CCCN(C(=O)Cc2cccc(C(F)(F)F)c2)C1. The third kappa shape index (κ3) is 3.97. The first-order chi connectivity index (χ1) is 9.90. The van der Waals surface area contributed by atoms with Gasteiger partial charge in [-0.15, -0.1) is 0 Å². The minimum absolute atomic E-state index is 0.0674. The van der Waals surface area contributed by atoms with Gasteiger partial charge in [0.2, 0.25) is 5.91 Å². The van der Waals surface area contributed by atoms with E-state index < -0.39 is 11.7 Å². The second-order valence-corrected chi connectivity index (χ2v) is 5.18. The van der Waals surface area contributed by atoms with E-state index in [9.17, 15) is 18.0 Å². The molecule has 2 rings (SSSR count). The van der Waals surface area contributed by atoms with Crippen molar-refractivity contribution in [3.05, 3.63) is 35.4 Å². The number of hydrogen-bond acceptors (Lipinski definition) is 2. The van der Waals surface area contributed by atoms with Gasteiger partial charge in [-0.1, -0.05) is 18.2 Å². The van der Waals surface area contributed by atoms with E-state index >= 15 is 0 Å². The van der Waals surface area contributed by atoms with Gasteiger partial charge in [0.1, 0.15) is 0 Å². The Morgan fingerprint density at radius 3 is 2.86 bits per heavy atom. The van der Waals surface area contributed by atoms with Crippen LogP contribution in [0.1, 0.15) is 24.0 Å². The van der Waals surface area contributed by atoms with Gasteiger partial charge in [0.15, 0.2) is 0 Å². The summed E-state index contributed by atoms with van der Waals surface area (Å²) in [5, 5.41) is 8.89. The number of halogens is 3. The van der Waals surface area contributed by atoms with Crippen LogP contribution in [0, 0.1) is 17.2 Å². The van der Waals surface area contributed by atoms with Crippen LogP contribution in [0.5, 0.6) is 0 Å². The molecule has 1 saturated heterocycles. The Bertz CT molecular complexity index is 563. The molecule has 1 amide bonds. The molecule has 0 aliphatic carbocycles. The quantitative estimate of drug-likeness (QED) is 0.842. The maximum atomic E-state index is 12.6. The molecule has 1 aliphatic rings. The van der Waals surface area contributed by atoms with Gasteiger partial charge < -0.3 is 4.90 Å². The van der Waals surface area contributed by atoms with Crippen molar-refractivity contribution >= 4 is 5.91 Å². The molecule has 0 radical (unpaired) electrons. The molecule has 1 aromatic rings. The summed E-state index contributed by atoms with van der Waals surface area (Å²) in [6.45, 7) is 0.935. The van der Waals surface area contributed by atoms with Crippen LogP contribution in [0.4, 0.5) is 13.2 Å². The van der Waals surface area contributed by atoms with Crippen LogP contribution < -0.4 is 0 Å². The lowest BCUT2D eigenvalue weighted by Gasteiger charge is -2.29. The number of carbonyl (C=O) groups excluding carboxylic acids is 1. The second-order valence-electron chi connectivity index (χ2n) is 5.18. The standard InChI is InChI=1S/C15H15F3N2O/c16-15(17,18)13-5-1-3-11(7-13)8-14(21)20-6-2-4-12(9-19)10-20/h1,3,5,7,12H,2,4,6,8,10H2/t12-/m1/s1. The second kappa shape index (κ2) is 6.17. The Balaban J connectivity index is 2.04. The lowest BCUT2D eigenvalue weighted by atomic mass is 9.99. The first kappa shape index (κ1) is 15.4. The van der Waals surface area contributed by atoms with E-state index in [4.69, 9.17) is 5.26 Å². The molecule has 0 unspecified atom stereocenters. The van der Waals surface area contributed by atoms with Crippen molar-refractivity contribution in [2.24, 2.45) is 5.92 Å². The van der Waals surface area contributed by atoms with Gasteiger partial charge in [-0.2, -0.15) is 18.4 Å². The highest BCUT2D eigenvalue weighted by Gasteiger charge is 2.30. The van der Waals surface area contributed by atoms with Gasteiger partial charge in [-0.3, -0.25) is 4.79 Å². The fourth-order valence-corrected chi connectivity index (χ4v) is 2.45. The summed E-state index contributed by atoms with van der Waals surface area (Å²) in [7, 11) is 0. The number of nitrogens with zero attached hydrogens (tertiary/aromatic N) is 2. The Kier molecular flexibility index (Phi) is 4.51. The first-order valence-corrected chi connectivity index (χ1v) is 6.73. The minimum atomic E-state index is -4.41. The van der Waals surface area contributed by atoms with Crippen molar-refractivity contribution in [3.63, 3.8) is 0 Å². The zero-order chi connectivity index (χ0) is 15.5. The van der Waals surface area contributed by atoms with Gasteiger partial charge in [0.25, 0.3) is 0 Å². The molecule has 0 spiro atoms. The first-order valence-electron chi connectivity index (χ1n) is 6.73. The number of benzene rings is 1. The van der Waals surface area contributed by atoms with Crippen LogP contribution >= 0.6 is 0 Å². The molecule has 0 N–H and O–H groups in total. The summed E-state index contributed by atoms with van der Waals surface area (Å²) < 4.78 is 37.9. The molecule has 1 fully saturated rings. The zero-order valence-electron chi connectivity index (χ0n) is 11.4. The molecule has 1 heterocycles. The minimum Gasteiger partial charge on any atom is -0.341 e. The predicted molar refractivity (Wildman–Crippen MR) is 70.1 cm³/mol. The van der Waals surface area contributed by atoms with Crippen LogP contribution in [-0.4, -0.2) is 23.9 Å². The highest BCUT2D eigenvalue weighted by Crippen LogP contribution is 2.29. The molecule has 1 aromatic carbocycles. The van der Waals surface area contributed by atoms with Crippen LogP contribution in [0.3, 0.4) is 0 Å². The van der Waals surface area contributed by atoms with Crippen molar-refractivity contribution in [1.82, 2.24) is 4.90 Å². The number of alkyl halides is 3. The lowest BCUT2D eigenvalue weighted by Crippen LogP contribution is -2.40. The van der Waals surface area contributed by atoms with E-state index in [1.165, 1.54) is 12.1 Å². The van der Waals surface area contributed by atoms with E-state index in [2.05, 4.69) is 6.07 Å². The Hall–Kier alpha value is -2.03. The van der Waals surface area contributed by atoms with Crippen LogP contribution in [-0.2, 0) is 17.4 Å². The van der Waals surface area contributed by atoms with Crippen LogP contribution in [0.15, 0.2) is 24.3 Å². The van der Waals surface area contributed by atoms with E-state index in [0.717, 1.165) is 25.0 Å². The topological polar surface area (TPSA) is 44.1 Å². The molecular weight excluding hydrogens is 281 g/mol. The molecule has 0 bridgehead atoms. The Morgan fingerprint density at radius 1 is 1.43 bits per heavy atom. The number of amides is 1. The molecular formula is C15H15F3N2O. The Morgan fingerprint density at radius 2 is 2.19 bits per heavy atom. The molecule has 1 atom stereocenters. The van der Waals surface area contributed by atoms with Gasteiger partial charge in [0.05, 0.1) is 24.0 Å². The van der Waals surface area contributed by atoms with Crippen molar-refractivity contribution in [1.29, 1.82) is 5.26 Å². The largest absolute Gasteiger partial charge is 0.416 e. The third-order valence-electron chi connectivity index (χ3n) is 3.57. The van der Waals surface area contributed by atoms with Crippen LogP contribution in [0.2, 0.25) is 0 Å². The highest BCUT2D eigenvalue weighted by atomic mass is 19.4. The number of hydrogen-bond donors (Lipinski definition) is 0. The third-order valence-corrected chi connectivity index (χ3v) is 3.57. The van der Waals surface area contributed by atoms with E-state index in [-0.39, 0.29) is 18.2 Å². The molecule has 1 aliphatic heterocycles. The summed E-state index contributed by atoms with van der Waals surface area (Å²) in [4.78, 5) is 13.7. The summed E-state index contributed by atoms with van der Waals surface area (Å²) in [5.41, 5.74) is -0.407. The molecule has 0 saturated carbocycles. The normalized spacial score (nSPS) is 19.1. The molecule has 112 valence electrons. The monoisotopic (exact) mass is 296 g/mol. The summed E-state index contributed by atoms with van der Waals surface area (Å²) in [5.74, 6) is -0.404. The molecule has 21 heavy (non-hydrogen) atoms. The van der Waals surface area contributed by atoms with Crippen molar-refractivity contribution in [2.45, 2.75) is 25.4 Å². The zero-order valence-corrected chi connectivity index (χ0v) is 11.4. The van der Waals surface area contributed by atoms with Gasteiger partial charge in [0, 0.05) is 13.1 Å². The fourth-order valence-electron chi connectivity index (χ4n) is 2.45. The Labute approximate surface area is 121 Å². The maximum absolute atomic E-state index is 12.6. The number of likely N-dealkylation sites (tertiary alicyclic amines) is 1.